The summed E-state index contributed by atoms with van der Waals surface area (Å²) in [5.41, 5.74) is 1.10. The molecule has 0 aromatic heterocycles. The molecule has 8 heteroatoms. The van der Waals surface area contributed by atoms with Crippen molar-refractivity contribution in [2.75, 3.05) is 19.7 Å². The Morgan fingerprint density at radius 2 is 1.67 bits per heavy atom. The minimum Gasteiger partial charge on any atom is -0.454 e. The molecule has 0 saturated carbocycles. The Morgan fingerprint density at radius 1 is 1.00 bits per heavy atom. The fraction of sp³-hybridized carbons (Fsp3) is 0.364. The molecule has 2 aromatic rings. The highest BCUT2D eigenvalue weighted by molar-refractivity contribution is 7.89. The molecule has 2 aromatic carbocycles. The summed E-state index contributed by atoms with van der Waals surface area (Å²) in [6.45, 7) is 0.252. The molecule has 30 heavy (non-hydrogen) atoms. The van der Waals surface area contributed by atoms with E-state index in [-0.39, 0.29) is 11.4 Å². The lowest BCUT2D eigenvalue weighted by Gasteiger charge is -2.32. The van der Waals surface area contributed by atoms with Gasteiger partial charge >= 0.3 is 5.97 Å². The number of sulfonamides is 1. The first-order valence-electron chi connectivity index (χ1n) is 10.0. The van der Waals surface area contributed by atoms with Crippen molar-refractivity contribution in [3.05, 3.63) is 66.2 Å². The second-order valence-electron chi connectivity index (χ2n) is 7.13. The van der Waals surface area contributed by atoms with Crippen molar-refractivity contribution in [1.82, 2.24) is 9.62 Å². The number of carbonyl (C=O) groups excluding carboxylic acids is 2. The van der Waals surface area contributed by atoms with E-state index in [2.05, 4.69) is 5.32 Å². The summed E-state index contributed by atoms with van der Waals surface area (Å²) < 4.78 is 32.3. The van der Waals surface area contributed by atoms with Gasteiger partial charge in [0.1, 0.15) is 6.04 Å². The van der Waals surface area contributed by atoms with Crippen molar-refractivity contribution in [1.29, 1.82) is 0 Å². The van der Waals surface area contributed by atoms with Gasteiger partial charge in [-0.15, -0.1) is 0 Å². The molecule has 0 aliphatic carbocycles. The van der Waals surface area contributed by atoms with Gasteiger partial charge in [0.15, 0.2) is 6.61 Å². The third-order valence-electron chi connectivity index (χ3n) is 5.00. The van der Waals surface area contributed by atoms with E-state index in [0.29, 0.717) is 25.8 Å². The number of nitrogens with one attached hydrogen (secondary N) is 1. The maximum atomic E-state index is 13.0. The van der Waals surface area contributed by atoms with E-state index in [9.17, 15) is 18.0 Å². The topological polar surface area (TPSA) is 92.8 Å². The summed E-state index contributed by atoms with van der Waals surface area (Å²) >= 11 is 0. The first-order valence-corrected chi connectivity index (χ1v) is 11.5. The summed E-state index contributed by atoms with van der Waals surface area (Å²) in [7, 11) is -3.81. The number of hydrogen-bond donors (Lipinski definition) is 1. The Kier molecular flexibility index (Phi) is 7.59. The molecule has 1 atom stereocenters. The van der Waals surface area contributed by atoms with Crippen molar-refractivity contribution in [2.24, 2.45) is 0 Å². The van der Waals surface area contributed by atoms with Crippen molar-refractivity contribution >= 4 is 21.9 Å². The van der Waals surface area contributed by atoms with Gasteiger partial charge < -0.3 is 10.1 Å². The highest BCUT2D eigenvalue weighted by atomic mass is 32.2. The molecule has 3 rings (SSSR count). The molecule has 0 radical (unpaired) electrons. The molecule has 0 bridgehead atoms. The molecule has 1 fully saturated rings. The van der Waals surface area contributed by atoms with E-state index in [0.717, 1.165) is 12.0 Å². The zero-order chi connectivity index (χ0) is 21.4. The lowest BCUT2D eigenvalue weighted by Crippen LogP contribution is -2.49. The molecule has 1 saturated heterocycles. The summed E-state index contributed by atoms with van der Waals surface area (Å²) in [5.74, 6) is -1.10. The fourth-order valence-corrected chi connectivity index (χ4v) is 5.10. The molecular formula is C22H26N2O5S. The van der Waals surface area contributed by atoms with E-state index in [4.69, 9.17) is 4.74 Å². The molecule has 1 aliphatic heterocycles. The van der Waals surface area contributed by atoms with Gasteiger partial charge in [-0.25, -0.2) is 8.42 Å². The largest absolute Gasteiger partial charge is 0.454 e. The third-order valence-corrected chi connectivity index (χ3v) is 6.92. The number of ether oxygens (including phenoxy) is 1. The average molecular weight is 431 g/mol. The first kappa shape index (κ1) is 22.0. The summed E-state index contributed by atoms with van der Waals surface area (Å²) in [5, 5.41) is 2.71. The lowest BCUT2D eigenvalue weighted by molar-refractivity contribution is -0.153. The smallest absolute Gasteiger partial charge is 0.324 e. The number of amides is 1. The molecular weight excluding hydrogens is 404 g/mol. The Morgan fingerprint density at radius 3 is 2.37 bits per heavy atom. The van der Waals surface area contributed by atoms with Crippen LogP contribution in [0.3, 0.4) is 0 Å². The lowest BCUT2D eigenvalue weighted by atomic mass is 10.1. The summed E-state index contributed by atoms with van der Waals surface area (Å²) in [6, 6.07) is 16.8. The van der Waals surface area contributed by atoms with Crippen LogP contribution in [0.15, 0.2) is 65.6 Å². The van der Waals surface area contributed by atoms with Gasteiger partial charge in [0.05, 0.1) is 4.90 Å². The molecule has 7 nitrogen and oxygen atoms in total. The van der Waals surface area contributed by atoms with Crippen LogP contribution in [0.1, 0.15) is 24.8 Å². The minimum atomic E-state index is -3.81. The van der Waals surface area contributed by atoms with Gasteiger partial charge in [-0.3, -0.25) is 9.59 Å². The zero-order valence-electron chi connectivity index (χ0n) is 16.7. The van der Waals surface area contributed by atoms with Crippen LogP contribution in [0.2, 0.25) is 0 Å². The number of carbonyl (C=O) groups is 2. The van der Waals surface area contributed by atoms with E-state index >= 15 is 0 Å². The average Bonchev–Trinajstić information content (AvgIpc) is 2.79. The van der Waals surface area contributed by atoms with E-state index in [1.807, 2.05) is 30.3 Å². The molecule has 160 valence electrons. The zero-order valence-corrected chi connectivity index (χ0v) is 17.5. The Labute approximate surface area is 177 Å². The third kappa shape index (κ3) is 5.67. The van der Waals surface area contributed by atoms with Gasteiger partial charge in [0.25, 0.3) is 5.91 Å². The van der Waals surface area contributed by atoms with Crippen LogP contribution >= 0.6 is 0 Å². The van der Waals surface area contributed by atoms with Crippen LogP contribution in [-0.2, 0) is 30.8 Å². The molecule has 1 N–H and O–H groups in total. The molecule has 0 spiro atoms. The van der Waals surface area contributed by atoms with Crippen LogP contribution in [-0.4, -0.2) is 50.3 Å². The number of rotatable bonds is 8. The maximum Gasteiger partial charge on any atom is 0.324 e. The molecule has 1 aliphatic rings. The number of hydrogen-bond acceptors (Lipinski definition) is 5. The van der Waals surface area contributed by atoms with Crippen molar-refractivity contribution in [2.45, 2.75) is 36.6 Å². The minimum absolute atomic E-state index is 0.142. The van der Waals surface area contributed by atoms with Gasteiger partial charge in [0, 0.05) is 13.1 Å². The van der Waals surface area contributed by atoms with Gasteiger partial charge in [-0.1, -0.05) is 48.5 Å². The van der Waals surface area contributed by atoms with Gasteiger partial charge in [-0.2, -0.15) is 4.31 Å². The second kappa shape index (κ2) is 10.4. The Bertz CT molecular complexity index is 948. The summed E-state index contributed by atoms with van der Waals surface area (Å²) in [6.07, 6.45) is 2.45. The molecule has 1 heterocycles. The van der Waals surface area contributed by atoms with Crippen LogP contribution < -0.4 is 5.32 Å². The standard InChI is InChI=1S/C22H26N2O5S/c25-21(23-15-14-18-9-3-1-4-10-18)17-29-22(26)20-13-7-8-16-24(20)30(27,28)19-11-5-2-6-12-19/h1-6,9-12,20H,7-8,13-17H2,(H,23,25). The number of nitrogens with zero attached hydrogens (tertiary/aromatic N) is 1. The van der Waals surface area contributed by atoms with Crippen molar-refractivity contribution in [3.63, 3.8) is 0 Å². The Balaban J connectivity index is 1.53. The van der Waals surface area contributed by atoms with Crippen LogP contribution in [0.25, 0.3) is 0 Å². The quantitative estimate of drug-likeness (QED) is 0.648. The van der Waals surface area contributed by atoms with E-state index < -0.39 is 34.5 Å². The predicted molar refractivity (Wildman–Crippen MR) is 112 cm³/mol. The number of benzene rings is 2. The molecule has 1 amide bonds. The van der Waals surface area contributed by atoms with Crippen molar-refractivity contribution in [3.8, 4) is 0 Å². The maximum absolute atomic E-state index is 13.0. The van der Waals surface area contributed by atoms with Crippen molar-refractivity contribution < 1.29 is 22.7 Å². The van der Waals surface area contributed by atoms with Gasteiger partial charge in [-0.05, 0) is 43.4 Å². The fourth-order valence-electron chi connectivity index (χ4n) is 3.43. The van der Waals surface area contributed by atoms with E-state index in [1.165, 1.54) is 16.4 Å². The first-order chi connectivity index (χ1) is 14.5. The van der Waals surface area contributed by atoms with Crippen LogP contribution in [0.4, 0.5) is 0 Å². The highest BCUT2D eigenvalue weighted by Crippen LogP contribution is 2.26. The van der Waals surface area contributed by atoms with Gasteiger partial charge in [0.2, 0.25) is 10.0 Å². The highest BCUT2D eigenvalue weighted by Gasteiger charge is 2.38. The SMILES string of the molecule is O=C(COC(=O)C1CCCCN1S(=O)(=O)c1ccccc1)NCCc1ccccc1. The number of piperidine rings is 1. The second-order valence-corrected chi connectivity index (χ2v) is 9.02. The summed E-state index contributed by atoms with van der Waals surface area (Å²) in [4.78, 5) is 24.7. The number of esters is 1. The Hall–Kier alpha value is -2.71. The van der Waals surface area contributed by atoms with Crippen LogP contribution in [0.5, 0.6) is 0 Å². The normalized spacial score (nSPS) is 17.3. The molecule has 1 unspecified atom stereocenters. The monoisotopic (exact) mass is 430 g/mol. The van der Waals surface area contributed by atoms with E-state index in [1.54, 1.807) is 18.2 Å². The van der Waals surface area contributed by atoms with Crippen LogP contribution in [0, 0.1) is 0 Å². The predicted octanol–water partition coefficient (Wildman–Crippen LogP) is 2.13.